The molecule has 0 aromatic carbocycles. The maximum Gasteiger partial charge on any atom is 0.315 e. The average molecular weight is 335 g/mol. The van der Waals surface area contributed by atoms with E-state index in [2.05, 4.69) is 41.5 Å². The Morgan fingerprint density at radius 2 is 2.17 bits per heavy atom. The van der Waals surface area contributed by atoms with E-state index in [9.17, 15) is 4.79 Å². The van der Waals surface area contributed by atoms with Crippen molar-refractivity contribution in [3.63, 3.8) is 0 Å². The summed E-state index contributed by atoms with van der Waals surface area (Å²) in [6.45, 7) is 10.7. The van der Waals surface area contributed by atoms with Crippen molar-refractivity contribution in [2.75, 3.05) is 13.2 Å². The van der Waals surface area contributed by atoms with Crippen LogP contribution in [0, 0.1) is 18.3 Å². The number of hydrogen-bond donors (Lipinski definition) is 2. The fourth-order valence-corrected chi connectivity index (χ4v) is 3.84. The van der Waals surface area contributed by atoms with Crippen LogP contribution in [0.25, 0.3) is 0 Å². The molecule has 7 heteroatoms. The van der Waals surface area contributed by atoms with Crippen LogP contribution in [0.4, 0.5) is 4.79 Å². The second-order valence-electron chi connectivity index (χ2n) is 8.00. The summed E-state index contributed by atoms with van der Waals surface area (Å²) >= 11 is 0. The molecule has 2 amide bonds. The zero-order valence-electron chi connectivity index (χ0n) is 15.1. The number of rotatable bonds is 3. The molecular weight excluding hydrogens is 306 g/mol. The molecule has 1 saturated heterocycles. The molecule has 134 valence electrons. The second kappa shape index (κ2) is 6.70. The molecule has 3 rings (SSSR count). The molecule has 2 aliphatic rings. The van der Waals surface area contributed by atoms with Gasteiger partial charge >= 0.3 is 6.03 Å². The Kier molecular flexibility index (Phi) is 4.80. The number of amides is 2. The fourth-order valence-electron chi connectivity index (χ4n) is 3.84. The second-order valence-corrected chi connectivity index (χ2v) is 8.00. The minimum absolute atomic E-state index is 0.0572. The number of nitrogens with one attached hydrogen (secondary N) is 2. The van der Waals surface area contributed by atoms with Crippen LogP contribution in [0.15, 0.2) is 0 Å². The Bertz CT molecular complexity index is 592. The normalized spacial score (nSPS) is 26.9. The highest BCUT2D eigenvalue weighted by Crippen LogP contribution is 2.34. The summed E-state index contributed by atoms with van der Waals surface area (Å²) in [5.74, 6) is 1.99. The average Bonchev–Trinajstić information content (AvgIpc) is 3.10. The highest BCUT2D eigenvalue weighted by molar-refractivity contribution is 5.74. The fraction of sp³-hybridized carbons (Fsp3) is 0.824. The molecule has 24 heavy (non-hydrogen) atoms. The van der Waals surface area contributed by atoms with E-state index in [0.29, 0.717) is 12.5 Å². The molecule has 0 unspecified atom stereocenters. The first-order valence-electron chi connectivity index (χ1n) is 8.92. The van der Waals surface area contributed by atoms with Crippen molar-refractivity contribution in [2.45, 2.75) is 65.6 Å². The summed E-state index contributed by atoms with van der Waals surface area (Å²) < 4.78 is 7.78. The predicted molar refractivity (Wildman–Crippen MR) is 90.6 cm³/mol. The molecule has 3 atom stereocenters. The van der Waals surface area contributed by atoms with Crippen LogP contribution in [-0.2, 0) is 11.3 Å². The monoisotopic (exact) mass is 335 g/mol. The SMILES string of the molecule is Cc1nc2n(n1)CCC[C@@H]2NC(=O)NC[C@@H]1CCO[C@H]1C(C)(C)C. The van der Waals surface area contributed by atoms with Gasteiger partial charge in [-0.05, 0) is 31.6 Å². The summed E-state index contributed by atoms with van der Waals surface area (Å²) in [6, 6.07) is -0.188. The quantitative estimate of drug-likeness (QED) is 0.887. The van der Waals surface area contributed by atoms with Gasteiger partial charge in [-0.3, -0.25) is 0 Å². The Hall–Kier alpha value is -1.63. The van der Waals surface area contributed by atoms with Crippen LogP contribution in [0.2, 0.25) is 0 Å². The minimum Gasteiger partial charge on any atom is -0.377 e. The number of hydrogen-bond acceptors (Lipinski definition) is 4. The Morgan fingerprint density at radius 3 is 2.92 bits per heavy atom. The van der Waals surface area contributed by atoms with E-state index < -0.39 is 0 Å². The number of ether oxygens (including phenoxy) is 1. The number of aromatic nitrogens is 3. The van der Waals surface area contributed by atoms with Crippen LogP contribution in [0.5, 0.6) is 0 Å². The molecule has 0 aliphatic carbocycles. The van der Waals surface area contributed by atoms with Crippen LogP contribution >= 0.6 is 0 Å². The Balaban J connectivity index is 1.53. The van der Waals surface area contributed by atoms with Gasteiger partial charge in [0.05, 0.1) is 12.1 Å². The number of aryl methyl sites for hydroxylation is 2. The van der Waals surface area contributed by atoms with Crippen molar-refractivity contribution in [1.82, 2.24) is 25.4 Å². The van der Waals surface area contributed by atoms with Gasteiger partial charge in [-0.1, -0.05) is 20.8 Å². The third-order valence-electron chi connectivity index (χ3n) is 4.88. The van der Waals surface area contributed by atoms with Gasteiger partial charge in [0.15, 0.2) is 0 Å². The predicted octanol–water partition coefficient (Wildman–Crippen LogP) is 2.17. The number of nitrogens with zero attached hydrogens (tertiary/aromatic N) is 3. The molecule has 0 radical (unpaired) electrons. The van der Waals surface area contributed by atoms with Gasteiger partial charge in [-0.25, -0.2) is 14.5 Å². The first-order valence-corrected chi connectivity index (χ1v) is 8.92. The molecule has 1 fully saturated rings. The smallest absolute Gasteiger partial charge is 0.315 e. The zero-order chi connectivity index (χ0) is 17.3. The van der Waals surface area contributed by atoms with Gasteiger partial charge in [-0.15, -0.1) is 0 Å². The van der Waals surface area contributed by atoms with E-state index in [4.69, 9.17) is 4.74 Å². The van der Waals surface area contributed by atoms with Gasteiger partial charge in [0.1, 0.15) is 11.6 Å². The molecule has 1 aromatic rings. The highest BCUT2D eigenvalue weighted by Gasteiger charge is 2.37. The van der Waals surface area contributed by atoms with Crippen LogP contribution in [0.3, 0.4) is 0 Å². The molecule has 2 aliphatic heterocycles. The zero-order valence-corrected chi connectivity index (χ0v) is 15.1. The summed E-state index contributed by atoms with van der Waals surface area (Å²) in [7, 11) is 0. The molecule has 1 aromatic heterocycles. The number of carbonyl (C=O) groups is 1. The standard InChI is InChI=1S/C17H29N5O2/c1-11-19-15-13(6-5-8-22(15)21-11)20-16(23)18-10-12-7-9-24-14(12)17(2,3)4/h12-14H,5-10H2,1-4H3,(H2,18,20,23)/t12-,13-,14+/m0/s1. The molecule has 3 heterocycles. The summed E-state index contributed by atoms with van der Waals surface area (Å²) in [5, 5.41) is 10.4. The van der Waals surface area contributed by atoms with Crippen molar-refractivity contribution in [1.29, 1.82) is 0 Å². The van der Waals surface area contributed by atoms with E-state index >= 15 is 0 Å². The third kappa shape index (κ3) is 3.71. The van der Waals surface area contributed by atoms with E-state index in [1.165, 1.54) is 0 Å². The molecule has 0 spiro atoms. The van der Waals surface area contributed by atoms with E-state index in [-0.39, 0.29) is 23.6 Å². The lowest BCUT2D eigenvalue weighted by atomic mass is 9.81. The number of carbonyl (C=O) groups excluding carboxylic acids is 1. The summed E-state index contributed by atoms with van der Waals surface area (Å²) in [5.41, 5.74) is 0.0939. The molecule has 2 N–H and O–H groups in total. The first-order chi connectivity index (χ1) is 11.3. The lowest BCUT2D eigenvalue weighted by Gasteiger charge is -2.31. The molecule has 0 bridgehead atoms. The molecule has 0 saturated carbocycles. The van der Waals surface area contributed by atoms with Crippen molar-refractivity contribution in [2.24, 2.45) is 11.3 Å². The maximum atomic E-state index is 12.3. The van der Waals surface area contributed by atoms with Crippen LogP contribution < -0.4 is 10.6 Å². The van der Waals surface area contributed by atoms with Crippen molar-refractivity contribution < 1.29 is 9.53 Å². The highest BCUT2D eigenvalue weighted by atomic mass is 16.5. The number of urea groups is 1. The topological polar surface area (TPSA) is 81.1 Å². The lowest BCUT2D eigenvalue weighted by molar-refractivity contribution is 0.00773. The van der Waals surface area contributed by atoms with Gasteiger partial charge in [0.25, 0.3) is 0 Å². The molecular formula is C17H29N5O2. The van der Waals surface area contributed by atoms with Gasteiger partial charge in [0, 0.05) is 25.6 Å². The van der Waals surface area contributed by atoms with Crippen molar-refractivity contribution >= 4 is 6.03 Å². The van der Waals surface area contributed by atoms with Crippen LogP contribution in [-0.4, -0.2) is 40.1 Å². The van der Waals surface area contributed by atoms with E-state index in [1.54, 1.807) is 0 Å². The van der Waals surface area contributed by atoms with Crippen molar-refractivity contribution in [3.05, 3.63) is 11.6 Å². The van der Waals surface area contributed by atoms with Gasteiger partial charge in [-0.2, -0.15) is 5.10 Å². The summed E-state index contributed by atoms with van der Waals surface area (Å²) in [4.78, 5) is 16.8. The first kappa shape index (κ1) is 17.2. The number of fused-ring (bicyclic) bond motifs is 1. The van der Waals surface area contributed by atoms with Crippen molar-refractivity contribution in [3.8, 4) is 0 Å². The Morgan fingerprint density at radius 1 is 1.38 bits per heavy atom. The van der Waals surface area contributed by atoms with E-state index in [1.807, 2.05) is 11.6 Å². The lowest BCUT2D eigenvalue weighted by Crippen LogP contribution is -2.44. The largest absolute Gasteiger partial charge is 0.377 e. The van der Waals surface area contributed by atoms with Gasteiger partial charge in [0.2, 0.25) is 0 Å². The molecule has 7 nitrogen and oxygen atoms in total. The maximum absolute atomic E-state index is 12.3. The van der Waals surface area contributed by atoms with Gasteiger partial charge < -0.3 is 15.4 Å². The van der Waals surface area contributed by atoms with E-state index in [0.717, 1.165) is 44.1 Å². The minimum atomic E-state index is -0.131. The van der Waals surface area contributed by atoms with Crippen LogP contribution in [0.1, 0.15) is 57.7 Å². The third-order valence-corrected chi connectivity index (χ3v) is 4.88. The summed E-state index contributed by atoms with van der Waals surface area (Å²) in [6.07, 6.45) is 3.10. The Labute approximate surface area is 143 Å².